The zero-order valence-electron chi connectivity index (χ0n) is 10.6. The molecule has 5 heteroatoms. The molecule has 0 aromatic heterocycles. The average Bonchev–Trinajstić information content (AvgIpc) is 3.07. The van der Waals surface area contributed by atoms with Crippen molar-refractivity contribution in [3.63, 3.8) is 0 Å². The van der Waals surface area contributed by atoms with Crippen molar-refractivity contribution in [2.45, 2.75) is 31.4 Å². The summed E-state index contributed by atoms with van der Waals surface area (Å²) >= 11 is 0. The van der Waals surface area contributed by atoms with Crippen LogP contribution in [0.15, 0.2) is 18.2 Å². The minimum absolute atomic E-state index is 0.0227. The van der Waals surface area contributed by atoms with Gasteiger partial charge in [0, 0.05) is 24.6 Å². The van der Waals surface area contributed by atoms with Gasteiger partial charge in [-0.2, -0.15) is 0 Å². The number of halogens is 1. The van der Waals surface area contributed by atoms with Crippen LogP contribution in [-0.2, 0) is 11.2 Å². The van der Waals surface area contributed by atoms with Crippen LogP contribution >= 0.6 is 0 Å². The summed E-state index contributed by atoms with van der Waals surface area (Å²) in [5.74, 6) is 0.541. The van der Waals surface area contributed by atoms with Gasteiger partial charge >= 0.3 is 0 Å². The van der Waals surface area contributed by atoms with Gasteiger partial charge in [0.1, 0.15) is 17.7 Å². The Bertz CT molecular complexity index is 488. The van der Waals surface area contributed by atoms with Crippen molar-refractivity contribution < 1.29 is 13.9 Å². The number of carbonyl (C=O) groups excluding carboxylic acids is 1. The highest BCUT2D eigenvalue weighted by molar-refractivity contribution is 5.78. The van der Waals surface area contributed by atoms with Gasteiger partial charge in [0.2, 0.25) is 5.91 Å². The number of amides is 1. The first-order valence-corrected chi connectivity index (χ1v) is 6.66. The molecule has 4 nitrogen and oxygen atoms in total. The van der Waals surface area contributed by atoms with Gasteiger partial charge in [-0.15, -0.1) is 0 Å². The van der Waals surface area contributed by atoms with E-state index in [9.17, 15) is 9.18 Å². The molecule has 1 aliphatic heterocycles. The fourth-order valence-electron chi connectivity index (χ4n) is 2.26. The molecule has 1 amide bonds. The SMILES string of the molecule is O=C(CNCC1Cc2cc(F)ccc2O1)NC1CC1. The highest BCUT2D eigenvalue weighted by Gasteiger charge is 2.24. The Morgan fingerprint density at radius 2 is 2.26 bits per heavy atom. The maximum atomic E-state index is 13.1. The minimum Gasteiger partial charge on any atom is -0.488 e. The Morgan fingerprint density at radius 1 is 1.42 bits per heavy atom. The third-order valence-corrected chi connectivity index (χ3v) is 3.36. The molecule has 2 N–H and O–H groups in total. The molecule has 1 heterocycles. The van der Waals surface area contributed by atoms with E-state index in [0.717, 1.165) is 24.2 Å². The second-order valence-electron chi connectivity index (χ2n) is 5.17. The maximum Gasteiger partial charge on any atom is 0.234 e. The molecule has 0 saturated heterocycles. The number of nitrogens with one attached hydrogen (secondary N) is 2. The van der Waals surface area contributed by atoms with Gasteiger partial charge in [-0.05, 0) is 31.0 Å². The van der Waals surface area contributed by atoms with Gasteiger partial charge in [-0.25, -0.2) is 4.39 Å². The van der Waals surface area contributed by atoms with Crippen LogP contribution < -0.4 is 15.4 Å². The van der Waals surface area contributed by atoms with Gasteiger partial charge in [-0.1, -0.05) is 0 Å². The smallest absolute Gasteiger partial charge is 0.234 e. The van der Waals surface area contributed by atoms with Crippen molar-refractivity contribution in [1.82, 2.24) is 10.6 Å². The Kier molecular flexibility index (Phi) is 3.38. The van der Waals surface area contributed by atoms with Gasteiger partial charge in [0.15, 0.2) is 0 Å². The van der Waals surface area contributed by atoms with E-state index in [4.69, 9.17) is 4.74 Å². The molecule has 1 unspecified atom stereocenters. The molecule has 102 valence electrons. The van der Waals surface area contributed by atoms with Crippen LogP contribution in [0.5, 0.6) is 5.75 Å². The van der Waals surface area contributed by atoms with Gasteiger partial charge in [-0.3, -0.25) is 4.79 Å². The van der Waals surface area contributed by atoms with E-state index in [2.05, 4.69) is 10.6 Å². The van der Waals surface area contributed by atoms with E-state index < -0.39 is 0 Å². The molecule has 2 aliphatic rings. The van der Waals surface area contributed by atoms with Crippen LogP contribution in [0.25, 0.3) is 0 Å². The van der Waals surface area contributed by atoms with E-state index in [-0.39, 0.29) is 17.8 Å². The molecule has 0 bridgehead atoms. The summed E-state index contributed by atoms with van der Waals surface area (Å²) in [4.78, 5) is 11.5. The van der Waals surface area contributed by atoms with Gasteiger partial charge in [0.05, 0.1) is 6.54 Å². The van der Waals surface area contributed by atoms with Crippen LogP contribution in [-0.4, -0.2) is 31.1 Å². The number of fused-ring (bicyclic) bond motifs is 1. The van der Waals surface area contributed by atoms with E-state index in [1.54, 1.807) is 6.07 Å². The van der Waals surface area contributed by atoms with Crippen LogP contribution in [0.1, 0.15) is 18.4 Å². The maximum absolute atomic E-state index is 13.1. The highest BCUT2D eigenvalue weighted by Crippen LogP contribution is 2.28. The van der Waals surface area contributed by atoms with Crippen LogP contribution in [0.3, 0.4) is 0 Å². The topological polar surface area (TPSA) is 50.4 Å². The molecular formula is C14H17FN2O2. The summed E-state index contributed by atoms with van der Waals surface area (Å²) < 4.78 is 18.7. The fourth-order valence-corrected chi connectivity index (χ4v) is 2.26. The average molecular weight is 264 g/mol. The molecule has 1 atom stereocenters. The normalized spacial score (nSPS) is 20.8. The Hall–Kier alpha value is -1.62. The lowest BCUT2D eigenvalue weighted by molar-refractivity contribution is -0.120. The lowest BCUT2D eigenvalue weighted by Gasteiger charge is -2.11. The first kappa shape index (κ1) is 12.4. The Balaban J connectivity index is 1.41. The summed E-state index contributed by atoms with van der Waals surface area (Å²) in [7, 11) is 0. The van der Waals surface area contributed by atoms with Crippen molar-refractivity contribution in [1.29, 1.82) is 0 Å². The van der Waals surface area contributed by atoms with Crippen molar-refractivity contribution in [2.24, 2.45) is 0 Å². The van der Waals surface area contributed by atoms with E-state index in [1.807, 2.05) is 0 Å². The van der Waals surface area contributed by atoms with Gasteiger partial charge < -0.3 is 15.4 Å². The highest BCUT2D eigenvalue weighted by atomic mass is 19.1. The first-order valence-electron chi connectivity index (χ1n) is 6.66. The predicted octanol–water partition coefficient (Wildman–Crippen LogP) is 0.997. The number of benzene rings is 1. The van der Waals surface area contributed by atoms with E-state index >= 15 is 0 Å². The molecule has 3 rings (SSSR count). The van der Waals surface area contributed by atoms with E-state index in [0.29, 0.717) is 25.6 Å². The Morgan fingerprint density at radius 3 is 3.05 bits per heavy atom. The molecule has 1 aromatic rings. The minimum atomic E-state index is -0.236. The van der Waals surface area contributed by atoms with Crippen molar-refractivity contribution in [3.05, 3.63) is 29.6 Å². The molecular weight excluding hydrogens is 247 g/mol. The summed E-state index contributed by atoms with van der Waals surface area (Å²) in [6, 6.07) is 4.96. The molecule has 0 spiro atoms. The summed E-state index contributed by atoms with van der Waals surface area (Å²) in [6.45, 7) is 0.898. The molecule has 1 fully saturated rings. The molecule has 19 heavy (non-hydrogen) atoms. The fraction of sp³-hybridized carbons (Fsp3) is 0.500. The molecule has 1 saturated carbocycles. The van der Waals surface area contributed by atoms with Crippen molar-refractivity contribution in [3.8, 4) is 5.75 Å². The molecule has 1 aromatic carbocycles. The number of rotatable bonds is 5. The van der Waals surface area contributed by atoms with Crippen molar-refractivity contribution in [2.75, 3.05) is 13.1 Å². The van der Waals surface area contributed by atoms with Crippen molar-refractivity contribution >= 4 is 5.91 Å². The van der Waals surface area contributed by atoms with Crippen LogP contribution in [0, 0.1) is 5.82 Å². The zero-order valence-corrected chi connectivity index (χ0v) is 10.6. The number of ether oxygens (including phenoxy) is 1. The second kappa shape index (κ2) is 5.17. The Labute approximate surface area is 111 Å². The van der Waals surface area contributed by atoms with E-state index in [1.165, 1.54) is 12.1 Å². The monoisotopic (exact) mass is 264 g/mol. The third-order valence-electron chi connectivity index (χ3n) is 3.36. The third kappa shape index (κ3) is 3.23. The number of carbonyl (C=O) groups is 1. The standard InChI is InChI=1S/C14H17FN2O2/c15-10-1-4-13-9(5-10)6-12(19-13)7-16-8-14(18)17-11-2-3-11/h1,4-5,11-12,16H,2-3,6-8H2,(H,17,18). The summed E-state index contributed by atoms with van der Waals surface area (Å²) in [5.41, 5.74) is 0.897. The number of hydrogen-bond donors (Lipinski definition) is 2. The lowest BCUT2D eigenvalue weighted by atomic mass is 10.1. The summed E-state index contributed by atoms with van der Waals surface area (Å²) in [6.07, 6.45) is 2.85. The number of hydrogen-bond acceptors (Lipinski definition) is 3. The predicted molar refractivity (Wildman–Crippen MR) is 68.6 cm³/mol. The lowest BCUT2D eigenvalue weighted by Crippen LogP contribution is -2.39. The van der Waals surface area contributed by atoms with Crippen LogP contribution in [0.2, 0.25) is 0 Å². The largest absolute Gasteiger partial charge is 0.488 e. The molecule has 0 radical (unpaired) electrons. The first-order chi connectivity index (χ1) is 9.20. The van der Waals surface area contributed by atoms with Gasteiger partial charge in [0.25, 0.3) is 0 Å². The quantitative estimate of drug-likeness (QED) is 0.834. The van der Waals surface area contributed by atoms with Crippen LogP contribution in [0.4, 0.5) is 4.39 Å². The summed E-state index contributed by atoms with van der Waals surface area (Å²) in [5, 5.41) is 5.99. The zero-order chi connectivity index (χ0) is 13.2. The second-order valence-corrected chi connectivity index (χ2v) is 5.17. The molecule has 1 aliphatic carbocycles.